The lowest BCUT2D eigenvalue weighted by Crippen LogP contribution is -2.34. The van der Waals surface area contributed by atoms with Crippen LogP contribution in [0.2, 0.25) is 0 Å². The van der Waals surface area contributed by atoms with Gasteiger partial charge in [0.05, 0.1) is 11.7 Å². The minimum atomic E-state index is -0.0424. The van der Waals surface area contributed by atoms with E-state index in [0.29, 0.717) is 11.7 Å². The number of hydrogen-bond acceptors (Lipinski definition) is 4. The quantitative estimate of drug-likeness (QED) is 0.906. The van der Waals surface area contributed by atoms with Crippen molar-refractivity contribution in [3.8, 4) is 0 Å². The van der Waals surface area contributed by atoms with E-state index >= 15 is 0 Å². The summed E-state index contributed by atoms with van der Waals surface area (Å²) >= 11 is 0. The maximum Gasteiger partial charge on any atom is 0.267 e. The summed E-state index contributed by atoms with van der Waals surface area (Å²) in [4.78, 5) is 14.5. The first kappa shape index (κ1) is 17.7. The summed E-state index contributed by atoms with van der Waals surface area (Å²) in [6, 6.07) is 4.33. The standard InChI is InChI=1S/C19H28N4O2/c1-5-15-14(13(2)25-21-15)12-23-11-7-6-8-17(23)16-9-10-18(22(16)4)19(24)20-3/h9-10,17H,5-8,11-12H2,1-4H3,(H,20,24). The molecule has 1 amide bonds. The molecule has 1 N–H and O–H groups in total. The fourth-order valence-electron chi connectivity index (χ4n) is 3.85. The van der Waals surface area contributed by atoms with Crippen LogP contribution in [-0.4, -0.2) is 34.1 Å². The van der Waals surface area contributed by atoms with Crippen molar-refractivity contribution in [1.29, 1.82) is 0 Å². The molecule has 3 heterocycles. The van der Waals surface area contributed by atoms with Crippen LogP contribution in [0.5, 0.6) is 0 Å². The van der Waals surface area contributed by atoms with Gasteiger partial charge < -0.3 is 14.4 Å². The molecule has 0 spiro atoms. The summed E-state index contributed by atoms with van der Waals surface area (Å²) < 4.78 is 7.44. The van der Waals surface area contributed by atoms with E-state index in [1.165, 1.54) is 24.1 Å². The molecular weight excluding hydrogens is 316 g/mol. The minimum absolute atomic E-state index is 0.0424. The van der Waals surface area contributed by atoms with E-state index in [4.69, 9.17) is 4.52 Å². The molecule has 1 atom stereocenters. The van der Waals surface area contributed by atoms with Gasteiger partial charge in [0, 0.05) is 31.9 Å². The van der Waals surface area contributed by atoms with Crippen LogP contribution in [0.25, 0.3) is 0 Å². The maximum atomic E-state index is 12.0. The lowest BCUT2D eigenvalue weighted by Gasteiger charge is -2.36. The summed E-state index contributed by atoms with van der Waals surface area (Å²) in [6.45, 7) is 6.01. The highest BCUT2D eigenvalue weighted by Crippen LogP contribution is 2.34. The second-order valence-corrected chi connectivity index (χ2v) is 6.78. The van der Waals surface area contributed by atoms with Gasteiger partial charge in [0.1, 0.15) is 11.5 Å². The van der Waals surface area contributed by atoms with Crippen LogP contribution >= 0.6 is 0 Å². The molecule has 1 saturated heterocycles. The van der Waals surface area contributed by atoms with Gasteiger partial charge >= 0.3 is 0 Å². The molecule has 0 saturated carbocycles. The second kappa shape index (κ2) is 7.44. The van der Waals surface area contributed by atoms with Gasteiger partial charge in [-0.3, -0.25) is 9.69 Å². The number of carbonyl (C=O) groups excluding carboxylic acids is 1. The van der Waals surface area contributed by atoms with Crippen molar-refractivity contribution < 1.29 is 9.32 Å². The minimum Gasteiger partial charge on any atom is -0.361 e. The fourth-order valence-corrected chi connectivity index (χ4v) is 3.85. The first-order chi connectivity index (χ1) is 12.1. The van der Waals surface area contributed by atoms with Crippen LogP contribution in [0, 0.1) is 6.92 Å². The molecular formula is C19H28N4O2. The van der Waals surface area contributed by atoms with Crippen molar-refractivity contribution in [2.24, 2.45) is 7.05 Å². The Balaban J connectivity index is 1.88. The Hall–Kier alpha value is -2.08. The number of likely N-dealkylation sites (tertiary alicyclic amines) is 1. The lowest BCUT2D eigenvalue weighted by atomic mass is 9.98. The summed E-state index contributed by atoms with van der Waals surface area (Å²) in [5, 5.41) is 6.91. The molecule has 3 rings (SSSR count). The van der Waals surface area contributed by atoms with Crippen molar-refractivity contribution in [2.45, 2.75) is 52.1 Å². The van der Waals surface area contributed by atoms with Gasteiger partial charge in [-0.15, -0.1) is 0 Å². The number of amides is 1. The van der Waals surface area contributed by atoms with Gasteiger partial charge in [0.2, 0.25) is 0 Å². The summed E-state index contributed by atoms with van der Waals surface area (Å²) in [6.07, 6.45) is 4.41. The van der Waals surface area contributed by atoms with E-state index in [9.17, 15) is 4.79 Å². The topological polar surface area (TPSA) is 63.3 Å². The van der Waals surface area contributed by atoms with Gasteiger partial charge in [-0.05, 0) is 44.9 Å². The number of rotatable bonds is 5. The molecule has 136 valence electrons. The van der Waals surface area contributed by atoms with Gasteiger partial charge in [-0.2, -0.15) is 0 Å². The van der Waals surface area contributed by atoms with Crippen molar-refractivity contribution in [2.75, 3.05) is 13.6 Å². The van der Waals surface area contributed by atoms with Crippen molar-refractivity contribution in [3.05, 3.63) is 40.5 Å². The summed E-state index contributed by atoms with van der Waals surface area (Å²) in [7, 11) is 3.65. The van der Waals surface area contributed by atoms with E-state index < -0.39 is 0 Å². The molecule has 25 heavy (non-hydrogen) atoms. The predicted octanol–water partition coefficient (Wildman–Crippen LogP) is 2.97. The molecule has 1 fully saturated rings. The van der Waals surface area contributed by atoms with Crippen LogP contribution in [-0.2, 0) is 20.0 Å². The zero-order valence-electron chi connectivity index (χ0n) is 15.6. The van der Waals surface area contributed by atoms with Crippen LogP contribution in [0.1, 0.15) is 65.4 Å². The van der Waals surface area contributed by atoms with Gasteiger partial charge in [0.25, 0.3) is 5.91 Å². The van der Waals surface area contributed by atoms with E-state index in [-0.39, 0.29) is 5.91 Å². The molecule has 1 unspecified atom stereocenters. The van der Waals surface area contributed by atoms with E-state index in [0.717, 1.165) is 37.4 Å². The highest BCUT2D eigenvalue weighted by Gasteiger charge is 2.29. The number of piperidine rings is 1. The van der Waals surface area contributed by atoms with Gasteiger partial charge in [-0.25, -0.2) is 0 Å². The molecule has 0 aromatic carbocycles. The Morgan fingerprint density at radius 3 is 2.92 bits per heavy atom. The zero-order valence-corrected chi connectivity index (χ0v) is 15.6. The normalized spacial score (nSPS) is 18.5. The van der Waals surface area contributed by atoms with Gasteiger partial charge in [0.15, 0.2) is 0 Å². The number of hydrogen-bond donors (Lipinski definition) is 1. The Morgan fingerprint density at radius 2 is 2.20 bits per heavy atom. The zero-order chi connectivity index (χ0) is 18.0. The summed E-state index contributed by atoms with van der Waals surface area (Å²) in [5.74, 6) is 0.873. The second-order valence-electron chi connectivity index (χ2n) is 6.78. The Morgan fingerprint density at radius 1 is 1.40 bits per heavy atom. The number of aryl methyl sites for hydroxylation is 2. The fraction of sp³-hybridized carbons (Fsp3) is 0.579. The molecule has 1 aliphatic rings. The van der Waals surface area contributed by atoms with Crippen LogP contribution < -0.4 is 5.32 Å². The number of nitrogens with one attached hydrogen (secondary N) is 1. The maximum absolute atomic E-state index is 12.0. The molecule has 0 aliphatic carbocycles. The molecule has 0 bridgehead atoms. The van der Waals surface area contributed by atoms with E-state index in [1.54, 1.807) is 7.05 Å². The molecule has 2 aromatic heterocycles. The average Bonchev–Trinajstić information content (AvgIpc) is 3.18. The van der Waals surface area contributed by atoms with Crippen molar-refractivity contribution in [1.82, 2.24) is 19.9 Å². The third kappa shape index (κ3) is 3.35. The first-order valence-electron chi connectivity index (χ1n) is 9.12. The highest BCUT2D eigenvalue weighted by molar-refractivity contribution is 5.92. The van der Waals surface area contributed by atoms with Gasteiger partial charge in [-0.1, -0.05) is 18.5 Å². The molecule has 2 aromatic rings. The van der Waals surface area contributed by atoms with Crippen LogP contribution in [0.4, 0.5) is 0 Å². The highest BCUT2D eigenvalue weighted by atomic mass is 16.5. The van der Waals surface area contributed by atoms with E-state index in [2.05, 4.69) is 28.4 Å². The Kier molecular flexibility index (Phi) is 5.27. The number of nitrogens with zero attached hydrogens (tertiary/aromatic N) is 3. The van der Waals surface area contributed by atoms with Crippen LogP contribution in [0.3, 0.4) is 0 Å². The smallest absolute Gasteiger partial charge is 0.267 e. The molecule has 6 nitrogen and oxygen atoms in total. The third-order valence-electron chi connectivity index (χ3n) is 5.34. The number of aromatic nitrogens is 2. The molecule has 1 aliphatic heterocycles. The van der Waals surface area contributed by atoms with E-state index in [1.807, 2.05) is 24.6 Å². The molecule has 0 radical (unpaired) electrons. The monoisotopic (exact) mass is 344 g/mol. The Labute approximate surface area is 149 Å². The summed E-state index contributed by atoms with van der Waals surface area (Å²) in [5.41, 5.74) is 4.18. The van der Waals surface area contributed by atoms with Crippen molar-refractivity contribution in [3.63, 3.8) is 0 Å². The molecule has 6 heteroatoms. The first-order valence-corrected chi connectivity index (χ1v) is 9.12. The number of carbonyl (C=O) groups is 1. The Bertz CT molecular complexity index is 747. The largest absolute Gasteiger partial charge is 0.361 e. The average molecular weight is 344 g/mol. The predicted molar refractivity (Wildman–Crippen MR) is 96.4 cm³/mol. The SMILES string of the molecule is CCc1noc(C)c1CN1CCCCC1c1ccc(C(=O)NC)n1C. The third-order valence-corrected chi connectivity index (χ3v) is 5.34. The van der Waals surface area contributed by atoms with Crippen molar-refractivity contribution >= 4 is 5.91 Å². The van der Waals surface area contributed by atoms with Crippen LogP contribution in [0.15, 0.2) is 16.7 Å². The lowest BCUT2D eigenvalue weighted by molar-refractivity contribution is 0.0952.